The molecule has 1 aliphatic carbocycles. The third kappa shape index (κ3) is 3.09. The van der Waals surface area contributed by atoms with Gasteiger partial charge in [-0.3, -0.25) is 4.79 Å². The summed E-state index contributed by atoms with van der Waals surface area (Å²) in [5.74, 6) is 0.302. The molecular formula is C11H13NO3. The second-order valence-electron chi connectivity index (χ2n) is 3.06. The van der Waals surface area contributed by atoms with Crippen molar-refractivity contribution >= 4 is 12.6 Å². The third-order valence-electron chi connectivity index (χ3n) is 2.07. The van der Waals surface area contributed by atoms with E-state index in [-0.39, 0.29) is 11.7 Å². The van der Waals surface area contributed by atoms with Gasteiger partial charge in [-0.25, -0.2) is 4.99 Å². The van der Waals surface area contributed by atoms with Crippen LogP contribution in [0.3, 0.4) is 0 Å². The van der Waals surface area contributed by atoms with Gasteiger partial charge in [0, 0.05) is 12.5 Å². The molecule has 0 bridgehead atoms. The predicted molar refractivity (Wildman–Crippen MR) is 57.7 cm³/mol. The van der Waals surface area contributed by atoms with E-state index < -0.39 is 0 Å². The molecule has 0 fully saturated rings. The molecule has 0 aromatic heterocycles. The first kappa shape index (κ1) is 11.2. The Kier molecular flexibility index (Phi) is 3.85. The predicted octanol–water partition coefficient (Wildman–Crippen LogP) is 1.91. The van der Waals surface area contributed by atoms with Crippen molar-refractivity contribution in [2.45, 2.75) is 12.8 Å². The number of aliphatic hydroxyl groups is 1. The normalized spacial score (nSPS) is 16.5. The maximum atomic E-state index is 10.8. The molecule has 1 aliphatic rings. The standard InChI is InChI=1S/C11H13NO3/c1-12-11(14)6-4-8-3-5-9(13)10(7-8)15-2/h4,6-7,13H,1,3,5H2,2H3/b6-4+. The number of rotatable bonds is 3. The Labute approximate surface area is 88.3 Å². The Morgan fingerprint density at radius 2 is 2.40 bits per heavy atom. The van der Waals surface area contributed by atoms with Crippen molar-refractivity contribution in [3.63, 3.8) is 0 Å². The molecule has 1 rings (SSSR count). The van der Waals surface area contributed by atoms with Crippen LogP contribution in [0.5, 0.6) is 0 Å². The number of carbonyl (C=O) groups is 1. The quantitative estimate of drug-likeness (QED) is 0.568. The van der Waals surface area contributed by atoms with E-state index in [0.717, 1.165) is 5.57 Å². The fourth-order valence-corrected chi connectivity index (χ4v) is 1.25. The molecule has 0 radical (unpaired) electrons. The molecular weight excluding hydrogens is 194 g/mol. The second kappa shape index (κ2) is 5.14. The molecule has 1 amide bonds. The van der Waals surface area contributed by atoms with Crippen molar-refractivity contribution in [3.05, 3.63) is 35.3 Å². The summed E-state index contributed by atoms with van der Waals surface area (Å²) in [6.45, 7) is 3.12. The summed E-state index contributed by atoms with van der Waals surface area (Å²) >= 11 is 0. The average molecular weight is 207 g/mol. The molecule has 0 spiro atoms. The maximum Gasteiger partial charge on any atom is 0.269 e. The average Bonchev–Trinajstić information content (AvgIpc) is 2.27. The summed E-state index contributed by atoms with van der Waals surface area (Å²) in [4.78, 5) is 14.1. The lowest BCUT2D eigenvalue weighted by molar-refractivity contribution is -0.113. The van der Waals surface area contributed by atoms with Crippen LogP contribution < -0.4 is 0 Å². The van der Waals surface area contributed by atoms with Gasteiger partial charge in [0.2, 0.25) is 0 Å². The minimum Gasteiger partial charge on any atom is -0.508 e. The molecule has 0 aliphatic heterocycles. The van der Waals surface area contributed by atoms with Crippen molar-refractivity contribution in [1.82, 2.24) is 0 Å². The van der Waals surface area contributed by atoms with E-state index in [0.29, 0.717) is 18.6 Å². The lowest BCUT2D eigenvalue weighted by Gasteiger charge is -2.12. The summed E-state index contributed by atoms with van der Waals surface area (Å²) < 4.78 is 4.97. The molecule has 0 atom stereocenters. The summed E-state index contributed by atoms with van der Waals surface area (Å²) in [7, 11) is 1.49. The Morgan fingerprint density at radius 1 is 1.67 bits per heavy atom. The summed E-state index contributed by atoms with van der Waals surface area (Å²) in [5.41, 5.74) is 0.918. The van der Waals surface area contributed by atoms with Crippen molar-refractivity contribution in [1.29, 1.82) is 0 Å². The van der Waals surface area contributed by atoms with Crippen LogP contribution in [0.15, 0.2) is 40.3 Å². The first-order valence-corrected chi connectivity index (χ1v) is 4.53. The summed E-state index contributed by atoms with van der Waals surface area (Å²) in [6.07, 6.45) is 5.90. The lowest BCUT2D eigenvalue weighted by atomic mass is 10.0. The van der Waals surface area contributed by atoms with Crippen LogP contribution in [-0.2, 0) is 9.53 Å². The molecule has 1 N–H and O–H groups in total. The minimum absolute atomic E-state index is 0.239. The minimum atomic E-state index is -0.381. The largest absolute Gasteiger partial charge is 0.508 e. The number of aliphatic imine (C=N–C) groups is 1. The zero-order chi connectivity index (χ0) is 11.3. The number of hydrogen-bond acceptors (Lipinski definition) is 3. The van der Waals surface area contributed by atoms with Crippen LogP contribution in [0.2, 0.25) is 0 Å². The van der Waals surface area contributed by atoms with Gasteiger partial charge in [0.05, 0.1) is 7.11 Å². The highest BCUT2D eigenvalue weighted by Crippen LogP contribution is 2.23. The molecule has 0 aromatic carbocycles. The molecule has 0 saturated carbocycles. The van der Waals surface area contributed by atoms with Gasteiger partial charge in [0.25, 0.3) is 5.91 Å². The van der Waals surface area contributed by atoms with Gasteiger partial charge in [-0.15, -0.1) is 0 Å². The molecule has 15 heavy (non-hydrogen) atoms. The highest BCUT2D eigenvalue weighted by Gasteiger charge is 2.11. The first-order chi connectivity index (χ1) is 7.17. The topological polar surface area (TPSA) is 58.9 Å². The summed E-state index contributed by atoms with van der Waals surface area (Å²) in [5, 5.41) is 9.40. The Morgan fingerprint density at radius 3 is 3.00 bits per heavy atom. The third-order valence-corrected chi connectivity index (χ3v) is 2.07. The van der Waals surface area contributed by atoms with Crippen LogP contribution >= 0.6 is 0 Å². The number of carbonyl (C=O) groups excluding carboxylic acids is 1. The van der Waals surface area contributed by atoms with E-state index in [9.17, 15) is 9.90 Å². The maximum absolute atomic E-state index is 10.8. The van der Waals surface area contributed by atoms with Gasteiger partial charge >= 0.3 is 0 Å². The number of allylic oxidation sites excluding steroid dienone is 4. The number of methoxy groups -OCH3 is 1. The molecule has 4 nitrogen and oxygen atoms in total. The van der Waals surface area contributed by atoms with Crippen LogP contribution in [0.4, 0.5) is 0 Å². The van der Waals surface area contributed by atoms with E-state index in [1.807, 2.05) is 0 Å². The molecule has 0 unspecified atom stereocenters. The molecule has 0 saturated heterocycles. The Bertz CT molecular complexity index is 364. The van der Waals surface area contributed by atoms with Crippen molar-refractivity contribution in [3.8, 4) is 0 Å². The van der Waals surface area contributed by atoms with Crippen LogP contribution in [0, 0.1) is 0 Å². The van der Waals surface area contributed by atoms with E-state index in [1.165, 1.54) is 13.2 Å². The van der Waals surface area contributed by atoms with Gasteiger partial charge in [0.15, 0.2) is 5.76 Å². The van der Waals surface area contributed by atoms with Crippen molar-refractivity contribution < 1.29 is 14.6 Å². The van der Waals surface area contributed by atoms with Gasteiger partial charge in [0.1, 0.15) is 5.76 Å². The highest BCUT2D eigenvalue weighted by atomic mass is 16.5. The fraction of sp³-hybridized carbons (Fsp3) is 0.273. The van der Waals surface area contributed by atoms with E-state index in [1.54, 1.807) is 12.2 Å². The Hall–Kier alpha value is -1.84. The number of aliphatic hydroxyl groups excluding tert-OH is 1. The van der Waals surface area contributed by atoms with Gasteiger partial charge < -0.3 is 9.84 Å². The summed E-state index contributed by atoms with van der Waals surface area (Å²) in [6, 6.07) is 0. The van der Waals surface area contributed by atoms with E-state index in [2.05, 4.69) is 11.7 Å². The van der Waals surface area contributed by atoms with Gasteiger partial charge in [-0.05, 0) is 24.8 Å². The monoisotopic (exact) mass is 207 g/mol. The van der Waals surface area contributed by atoms with Gasteiger partial charge in [-0.1, -0.05) is 6.08 Å². The zero-order valence-electron chi connectivity index (χ0n) is 8.56. The van der Waals surface area contributed by atoms with E-state index in [4.69, 9.17) is 4.74 Å². The molecule has 0 heterocycles. The smallest absolute Gasteiger partial charge is 0.269 e. The Balaban J connectivity index is 2.77. The zero-order valence-corrected chi connectivity index (χ0v) is 8.56. The lowest BCUT2D eigenvalue weighted by Crippen LogP contribution is -1.99. The van der Waals surface area contributed by atoms with Crippen LogP contribution in [-0.4, -0.2) is 24.8 Å². The van der Waals surface area contributed by atoms with Gasteiger partial charge in [-0.2, -0.15) is 0 Å². The second-order valence-corrected chi connectivity index (χ2v) is 3.06. The fourth-order valence-electron chi connectivity index (χ4n) is 1.25. The number of hydrogen-bond donors (Lipinski definition) is 1. The van der Waals surface area contributed by atoms with E-state index >= 15 is 0 Å². The molecule has 4 heteroatoms. The molecule has 80 valence electrons. The number of ether oxygens (including phenoxy) is 1. The number of amides is 1. The molecule has 0 aromatic rings. The highest BCUT2D eigenvalue weighted by molar-refractivity contribution is 5.91. The number of nitrogens with zero attached hydrogens (tertiary/aromatic N) is 1. The van der Waals surface area contributed by atoms with Crippen LogP contribution in [0.1, 0.15) is 12.8 Å². The van der Waals surface area contributed by atoms with Crippen molar-refractivity contribution in [2.24, 2.45) is 4.99 Å². The SMILES string of the molecule is C=NC(=O)/C=C/C1=CC(OC)=C(O)CC1. The first-order valence-electron chi connectivity index (χ1n) is 4.53. The van der Waals surface area contributed by atoms with Crippen LogP contribution in [0.25, 0.3) is 0 Å². The van der Waals surface area contributed by atoms with Crippen molar-refractivity contribution in [2.75, 3.05) is 7.11 Å².